The number of halogens is 1. The summed E-state index contributed by atoms with van der Waals surface area (Å²) in [7, 11) is 0. The molecule has 0 spiro atoms. The molecule has 0 amide bonds. The highest BCUT2D eigenvalue weighted by Gasteiger charge is 2.23. The highest BCUT2D eigenvalue weighted by atomic mass is 19.1. The Balaban J connectivity index is 1.28. The van der Waals surface area contributed by atoms with Gasteiger partial charge in [0.05, 0.1) is 0 Å². The minimum atomic E-state index is -0.311. The topological polar surface area (TPSA) is 38.8 Å². The number of rotatable bonds is 6. The Bertz CT molecular complexity index is 806. The maximum absolute atomic E-state index is 13.0. The van der Waals surface area contributed by atoms with Gasteiger partial charge < -0.3 is 14.4 Å². The van der Waals surface area contributed by atoms with E-state index in [0.717, 1.165) is 44.0 Å². The number of carbonyl (C=O) groups excluding carboxylic acids is 1. The number of Topliss-reactive ketones (excluding diaryl/α,β-unsaturated/α-hetero) is 1. The molecule has 142 valence electrons. The van der Waals surface area contributed by atoms with Gasteiger partial charge >= 0.3 is 0 Å². The van der Waals surface area contributed by atoms with E-state index in [1.54, 1.807) is 12.1 Å². The SMILES string of the molecule is O=C(CCCN1CCCC(c2ccc3c(c2)OCO3)C1)c1ccc(F)cc1. The van der Waals surface area contributed by atoms with Crippen molar-refractivity contribution < 1.29 is 18.7 Å². The molecule has 1 atom stereocenters. The van der Waals surface area contributed by atoms with Crippen LogP contribution < -0.4 is 9.47 Å². The fourth-order valence-corrected chi connectivity index (χ4v) is 3.94. The van der Waals surface area contributed by atoms with Gasteiger partial charge in [0.15, 0.2) is 17.3 Å². The van der Waals surface area contributed by atoms with E-state index < -0.39 is 0 Å². The average Bonchev–Trinajstić information content (AvgIpc) is 3.16. The van der Waals surface area contributed by atoms with Gasteiger partial charge in [0.1, 0.15) is 5.82 Å². The molecule has 4 rings (SSSR count). The van der Waals surface area contributed by atoms with E-state index in [0.29, 0.717) is 24.7 Å². The number of benzene rings is 2. The predicted molar refractivity (Wildman–Crippen MR) is 101 cm³/mol. The minimum Gasteiger partial charge on any atom is -0.454 e. The summed E-state index contributed by atoms with van der Waals surface area (Å²) in [6.07, 6.45) is 3.65. The fraction of sp³-hybridized carbons (Fsp3) is 0.409. The Morgan fingerprint density at radius 1 is 1.11 bits per heavy atom. The second-order valence-electron chi connectivity index (χ2n) is 7.29. The van der Waals surface area contributed by atoms with Crippen LogP contribution in [0.25, 0.3) is 0 Å². The van der Waals surface area contributed by atoms with E-state index in [2.05, 4.69) is 17.0 Å². The summed E-state index contributed by atoms with van der Waals surface area (Å²) >= 11 is 0. The van der Waals surface area contributed by atoms with Crippen molar-refractivity contribution >= 4 is 5.78 Å². The van der Waals surface area contributed by atoms with Gasteiger partial charge in [-0.25, -0.2) is 4.39 Å². The quantitative estimate of drug-likeness (QED) is 0.708. The molecule has 0 radical (unpaired) electrons. The number of ketones is 1. The number of hydrogen-bond donors (Lipinski definition) is 0. The molecule has 1 saturated heterocycles. The molecule has 1 unspecified atom stereocenters. The standard InChI is InChI=1S/C22H24FNO3/c23-19-8-5-16(6-9-19)20(25)4-2-12-24-11-1-3-18(14-24)17-7-10-21-22(13-17)27-15-26-21/h5-10,13,18H,1-4,11-12,14-15H2. The number of fused-ring (bicyclic) bond motifs is 1. The van der Waals surface area contributed by atoms with Crippen molar-refractivity contribution in [1.82, 2.24) is 4.90 Å². The number of carbonyl (C=O) groups is 1. The Hall–Kier alpha value is -2.40. The van der Waals surface area contributed by atoms with Gasteiger partial charge in [-0.05, 0) is 80.2 Å². The predicted octanol–water partition coefficient (Wildman–Crippen LogP) is 4.40. The maximum Gasteiger partial charge on any atom is 0.231 e. The summed E-state index contributed by atoms with van der Waals surface area (Å²) in [5.41, 5.74) is 1.89. The van der Waals surface area contributed by atoms with Crippen LogP contribution in [-0.4, -0.2) is 37.1 Å². The summed E-state index contributed by atoms with van der Waals surface area (Å²) in [5, 5.41) is 0. The van der Waals surface area contributed by atoms with Crippen LogP contribution in [0.2, 0.25) is 0 Å². The third-order valence-electron chi connectivity index (χ3n) is 5.42. The number of likely N-dealkylation sites (tertiary alicyclic amines) is 1. The molecule has 0 aromatic heterocycles. The van der Waals surface area contributed by atoms with E-state index in [9.17, 15) is 9.18 Å². The third kappa shape index (κ3) is 4.30. The molecule has 2 aromatic rings. The first-order chi connectivity index (χ1) is 13.2. The normalized spacial score (nSPS) is 19.2. The summed E-state index contributed by atoms with van der Waals surface area (Å²) < 4.78 is 23.9. The Morgan fingerprint density at radius 3 is 2.78 bits per heavy atom. The highest BCUT2D eigenvalue weighted by molar-refractivity contribution is 5.95. The lowest BCUT2D eigenvalue weighted by atomic mass is 9.90. The monoisotopic (exact) mass is 369 g/mol. The smallest absolute Gasteiger partial charge is 0.231 e. The lowest BCUT2D eigenvalue weighted by Gasteiger charge is -2.33. The van der Waals surface area contributed by atoms with Crippen molar-refractivity contribution in [1.29, 1.82) is 0 Å². The fourth-order valence-electron chi connectivity index (χ4n) is 3.94. The first-order valence-corrected chi connectivity index (χ1v) is 9.60. The van der Waals surface area contributed by atoms with E-state index in [4.69, 9.17) is 9.47 Å². The zero-order valence-electron chi connectivity index (χ0n) is 15.3. The molecule has 2 aromatic carbocycles. The van der Waals surface area contributed by atoms with Gasteiger partial charge in [-0.3, -0.25) is 4.79 Å². The van der Waals surface area contributed by atoms with E-state index in [1.807, 2.05) is 6.07 Å². The molecule has 2 aliphatic heterocycles. The number of hydrogen-bond acceptors (Lipinski definition) is 4. The molecular formula is C22H24FNO3. The molecule has 27 heavy (non-hydrogen) atoms. The van der Waals surface area contributed by atoms with Crippen LogP contribution in [0.1, 0.15) is 47.5 Å². The van der Waals surface area contributed by atoms with Gasteiger partial charge in [-0.15, -0.1) is 0 Å². The number of piperidine rings is 1. The largest absolute Gasteiger partial charge is 0.454 e. The zero-order chi connectivity index (χ0) is 18.6. The molecule has 0 N–H and O–H groups in total. The summed E-state index contributed by atoms with van der Waals surface area (Å²) in [5.74, 6) is 1.93. The Kier molecular flexibility index (Phi) is 5.39. The second kappa shape index (κ2) is 8.09. The van der Waals surface area contributed by atoms with Crippen molar-refractivity contribution in [2.45, 2.75) is 31.6 Å². The van der Waals surface area contributed by atoms with Crippen LogP contribution in [0.3, 0.4) is 0 Å². The first kappa shape index (κ1) is 18.0. The van der Waals surface area contributed by atoms with Crippen molar-refractivity contribution in [3.8, 4) is 11.5 Å². The van der Waals surface area contributed by atoms with Gasteiger partial charge in [-0.2, -0.15) is 0 Å². The molecule has 0 aliphatic carbocycles. The molecular weight excluding hydrogens is 345 g/mol. The van der Waals surface area contributed by atoms with Crippen molar-refractivity contribution in [2.24, 2.45) is 0 Å². The third-order valence-corrected chi connectivity index (χ3v) is 5.42. The molecule has 0 saturated carbocycles. The lowest BCUT2D eigenvalue weighted by Crippen LogP contribution is -2.35. The van der Waals surface area contributed by atoms with Crippen molar-refractivity contribution in [2.75, 3.05) is 26.4 Å². The molecule has 5 heteroatoms. The van der Waals surface area contributed by atoms with Crippen molar-refractivity contribution in [3.63, 3.8) is 0 Å². The van der Waals surface area contributed by atoms with Crippen LogP contribution in [0.4, 0.5) is 4.39 Å². The molecule has 0 bridgehead atoms. The summed E-state index contributed by atoms with van der Waals surface area (Å²) in [4.78, 5) is 14.7. The van der Waals surface area contributed by atoms with E-state index >= 15 is 0 Å². The van der Waals surface area contributed by atoms with Gasteiger partial charge in [0.2, 0.25) is 6.79 Å². The Morgan fingerprint density at radius 2 is 1.93 bits per heavy atom. The molecule has 4 nitrogen and oxygen atoms in total. The van der Waals surface area contributed by atoms with Gasteiger partial charge in [0.25, 0.3) is 0 Å². The van der Waals surface area contributed by atoms with E-state index in [1.165, 1.54) is 24.1 Å². The van der Waals surface area contributed by atoms with Crippen molar-refractivity contribution in [3.05, 3.63) is 59.4 Å². The maximum atomic E-state index is 13.0. The van der Waals surface area contributed by atoms with Crippen LogP contribution in [0.15, 0.2) is 42.5 Å². The van der Waals surface area contributed by atoms with Crippen LogP contribution >= 0.6 is 0 Å². The lowest BCUT2D eigenvalue weighted by molar-refractivity contribution is 0.0972. The molecule has 1 fully saturated rings. The van der Waals surface area contributed by atoms with Crippen LogP contribution in [0, 0.1) is 5.82 Å². The number of nitrogens with zero attached hydrogens (tertiary/aromatic N) is 1. The molecule has 2 aliphatic rings. The Labute approximate surface area is 158 Å². The van der Waals surface area contributed by atoms with Crippen LogP contribution in [-0.2, 0) is 0 Å². The number of ether oxygens (including phenoxy) is 2. The zero-order valence-corrected chi connectivity index (χ0v) is 15.3. The summed E-state index contributed by atoms with van der Waals surface area (Å²) in [6, 6.07) is 12.1. The van der Waals surface area contributed by atoms with Crippen LogP contribution in [0.5, 0.6) is 11.5 Å². The highest BCUT2D eigenvalue weighted by Crippen LogP contribution is 2.36. The minimum absolute atomic E-state index is 0.0827. The first-order valence-electron chi connectivity index (χ1n) is 9.60. The van der Waals surface area contributed by atoms with Gasteiger partial charge in [-0.1, -0.05) is 6.07 Å². The molecule has 2 heterocycles. The second-order valence-corrected chi connectivity index (χ2v) is 7.29. The van der Waals surface area contributed by atoms with Gasteiger partial charge in [0, 0.05) is 18.5 Å². The van der Waals surface area contributed by atoms with E-state index in [-0.39, 0.29) is 11.6 Å². The summed E-state index contributed by atoms with van der Waals surface area (Å²) in [6.45, 7) is 3.29. The average molecular weight is 369 g/mol.